The van der Waals surface area contributed by atoms with Gasteiger partial charge in [-0.25, -0.2) is 14.5 Å². The first-order chi connectivity index (χ1) is 12.0. The molecule has 0 amide bonds. The molecule has 0 fully saturated rings. The van der Waals surface area contributed by atoms with Crippen LogP contribution in [0.15, 0.2) is 30.5 Å². The van der Waals surface area contributed by atoms with Gasteiger partial charge in [0.2, 0.25) is 0 Å². The number of carbonyl (C=O) groups is 1. The Hall–Kier alpha value is -2.67. The van der Waals surface area contributed by atoms with Crippen molar-refractivity contribution >= 4 is 17.6 Å². The Morgan fingerprint density at radius 2 is 2.04 bits per heavy atom. The van der Waals surface area contributed by atoms with E-state index in [9.17, 15) is 4.79 Å². The molecule has 0 N–H and O–H groups in total. The zero-order valence-corrected chi connectivity index (χ0v) is 15.0. The van der Waals surface area contributed by atoms with Crippen LogP contribution in [0.5, 0.6) is 0 Å². The molecule has 0 aromatic carbocycles. The van der Waals surface area contributed by atoms with Gasteiger partial charge in [-0.1, -0.05) is 11.6 Å². The molecule has 7 nitrogen and oxygen atoms in total. The van der Waals surface area contributed by atoms with Gasteiger partial charge in [0.25, 0.3) is 0 Å². The first-order valence-corrected chi connectivity index (χ1v) is 8.24. The molecule has 25 heavy (non-hydrogen) atoms. The van der Waals surface area contributed by atoms with Crippen LogP contribution >= 0.6 is 11.6 Å². The molecule has 3 rings (SSSR count). The number of aromatic nitrogens is 5. The lowest BCUT2D eigenvalue weighted by molar-refractivity contribution is 0.0519. The molecule has 3 aromatic rings. The Bertz CT molecular complexity index is 916. The molecule has 0 saturated carbocycles. The fourth-order valence-electron chi connectivity index (χ4n) is 2.52. The highest BCUT2D eigenvalue weighted by atomic mass is 35.5. The van der Waals surface area contributed by atoms with Gasteiger partial charge in [0.1, 0.15) is 5.15 Å². The predicted molar refractivity (Wildman–Crippen MR) is 93.1 cm³/mol. The van der Waals surface area contributed by atoms with Crippen molar-refractivity contribution in [3.05, 3.63) is 58.3 Å². The van der Waals surface area contributed by atoms with E-state index in [-0.39, 0.29) is 5.69 Å². The minimum Gasteiger partial charge on any atom is -0.461 e. The average molecular weight is 360 g/mol. The highest BCUT2D eigenvalue weighted by molar-refractivity contribution is 6.29. The lowest BCUT2D eigenvalue weighted by Gasteiger charge is -2.08. The second kappa shape index (κ2) is 7.06. The molecular weight excluding hydrogens is 342 g/mol. The Morgan fingerprint density at radius 1 is 1.24 bits per heavy atom. The van der Waals surface area contributed by atoms with Crippen molar-refractivity contribution in [2.45, 2.75) is 27.3 Å². The Balaban J connectivity index is 1.89. The van der Waals surface area contributed by atoms with Crippen LogP contribution in [0.1, 0.15) is 34.4 Å². The molecule has 0 bridgehead atoms. The summed E-state index contributed by atoms with van der Waals surface area (Å²) in [6, 6.07) is 7.26. The van der Waals surface area contributed by atoms with Crippen LogP contribution < -0.4 is 0 Å². The molecule has 130 valence electrons. The van der Waals surface area contributed by atoms with Crippen LogP contribution in [0.4, 0.5) is 0 Å². The van der Waals surface area contributed by atoms with Crippen molar-refractivity contribution in [1.29, 1.82) is 0 Å². The van der Waals surface area contributed by atoms with Crippen molar-refractivity contribution in [1.82, 2.24) is 24.5 Å². The van der Waals surface area contributed by atoms with Gasteiger partial charge in [-0.2, -0.15) is 10.2 Å². The number of aryl methyl sites for hydroxylation is 2. The first-order valence-electron chi connectivity index (χ1n) is 7.87. The second-order valence-electron chi connectivity index (χ2n) is 5.61. The van der Waals surface area contributed by atoms with Gasteiger partial charge in [-0.15, -0.1) is 0 Å². The quantitative estimate of drug-likeness (QED) is 0.517. The van der Waals surface area contributed by atoms with E-state index in [1.165, 1.54) is 4.68 Å². The summed E-state index contributed by atoms with van der Waals surface area (Å²) >= 11 is 6.16. The summed E-state index contributed by atoms with van der Waals surface area (Å²) in [5.41, 5.74) is 3.19. The fourth-order valence-corrected chi connectivity index (χ4v) is 2.74. The number of hydrogen-bond acceptors (Lipinski definition) is 5. The van der Waals surface area contributed by atoms with E-state index in [2.05, 4.69) is 15.2 Å². The molecule has 0 spiro atoms. The summed E-state index contributed by atoms with van der Waals surface area (Å²) < 4.78 is 8.35. The molecule has 0 saturated heterocycles. The van der Waals surface area contributed by atoms with E-state index in [4.69, 9.17) is 16.3 Å². The number of rotatable bonds is 5. The van der Waals surface area contributed by atoms with E-state index in [1.807, 2.05) is 30.7 Å². The van der Waals surface area contributed by atoms with Gasteiger partial charge in [0.15, 0.2) is 11.5 Å². The number of halogens is 1. The van der Waals surface area contributed by atoms with Gasteiger partial charge >= 0.3 is 5.97 Å². The highest BCUT2D eigenvalue weighted by Crippen LogP contribution is 2.16. The summed E-state index contributed by atoms with van der Waals surface area (Å²) in [6.07, 6.45) is 1.65. The third-order valence-corrected chi connectivity index (χ3v) is 3.78. The topological polar surface area (TPSA) is 74.8 Å². The summed E-state index contributed by atoms with van der Waals surface area (Å²) in [4.78, 5) is 16.0. The van der Waals surface area contributed by atoms with Crippen molar-refractivity contribution in [3.8, 4) is 5.82 Å². The largest absolute Gasteiger partial charge is 0.461 e. The van der Waals surface area contributed by atoms with Crippen molar-refractivity contribution in [2.24, 2.45) is 0 Å². The van der Waals surface area contributed by atoms with Crippen LogP contribution in [0.3, 0.4) is 0 Å². The SMILES string of the molecule is CCOC(=O)c1ccn(-c2cc(Cn3nc(C)cc3C)cc(Cl)n2)n1. The number of ether oxygens (including phenoxy) is 1. The first kappa shape index (κ1) is 17.2. The van der Waals surface area contributed by atoms with Crippen molar-refractivity contribution in [2.75, 3.05) is 6.61 Å². The van der Waals surface area contributed by atoms with Crippen LogP contribution in [0, 0.1) is 13.8 Å². The molecule has 0 aliphatic carbocycles. The van der Waals surface area contributed by atoms with Crippen LogP contribution in [0.25, 0.3) is 5.82 Å². The minimum absolute atomic E-state index is 0.226. The molecule has 0 aliphatic heterocycles. The summed E-state index contributed by atoms with van der Waals surface area (Å²) in [6.45, 7) is 6.57. The van der Waals surface area contributed by atoms with Gasteiger partial charge in [0, 0.05) is 11.9 Å². The van der Waals surface area contributed by atoms with Crippen molar-refractivity contribution in [3.63, 3.8) is 0 Å². The maximum absolute atomic E-state index is 11.7. The number of nitrogens with zero attached hydrogens (tertiary/aromatic N) is 5. The molecule has 0 atom stereocenters. The molecule has 3 aromatic heterocycles. The predicted octanol–water partition coefficient (Wildman–Crippen LogP) is 2.96. The lowest BCUT2D eigenvalue weighted by Crippen LogP contribution is -2.08. The standard InChI is InChI=1S/C17H18ClN5O2/c1-4-25-17(24)14-5-6-22(21-14)16-9-13(8-15(18)19-16)10-23-12(3)7-11(2)20-23/h5-9H,4,10H2,1-3H3. The molecular formula is C17H18ClN5O2. The van der Waals surface area contributed by atoms with Gasteiger partial charge in [-0.3, -0.25) is 4.68 Å². The molecule has 0 radical (unpaired) electrons. The zero-order chi connectivity index (χ0) is 18.0. The van der Waals surface area contributed by atoms with E-state index in [0.29, 0.717) is 24.1 Å². The van der Waals surface area contributed by atoms with E-state index >= 15 is 0 Å². The highest BCUT2D eigenvalue weighted by Gasteiger charge is 2.13. The molecule has 0 unspecified atom stereocenters. The van der Waals surface area contributed by atoms with E-state index in [1.54, 1.807) is 25.3 Å². The third kappa shape index (κ3) is 3.88. The summed E-state index contributed by atoms with van der Waals surface area (Å²) in [7, 11) is 0. The van der Waals surface area contributed by atoms with Gasteiger partial charge in [0.05, 0.1) is 18.8 Å². The van der Waals surface area contributed by atoms with E-state index < -0.39 is 5.97 Å². The average Bonchev–Trinajstić information content (AvgIpc) is 3.14. The summed E-state index contributed by atoms with van der Waals surface area (Å²) in [5.74, 6) is 0.0609. The van der Waals surface area contributed by atoms with Crippen LogP contribution in [-0.2, 0) is 11.3 Å². The Morgan fingerprint density at radius 3 is 2.72 bits per heavy atom. The number of pyridine rings is 1. The third-order valence-electron chi connectivity index (χ3n) is 3.58. The van der Waals surface area contributed by atoms with Crippen LogP contribution in [-0.4, -0.2) is 37.1 Å². The van der Waals surface area contributed by atoms with Crippen molar-refractivity contribution < 1.29 is 9.53 Å². The molecule has 3 heterocycles. The number of esters is 1. The maximum Gasteiger partial charge on any atom is 0.358 e. The lowest BCUT2D eigenvalue weighted by atomic mass is 10.2. The summed E-state index contributed by atoms with van der Waals surface area (Å²) in [5, 5.41) is 9.01. The van der Waals surface area contributed by atoms with Gasteiger partial charge in [-0.05, 0) is 50.6 Å². The second-order valence-corrected chi connectivity index (χ2v) is 5.99. The molecule has 8 heteroatoms. The monoisotopic (exact) mass is 359 g/mol. The molecule has 0 aliphatic rings. The maximum atomic E-state index is 11.7. The Labute approximate surface area is 150 Å². The number of carbonyl (C=O) groups excluding carboxylic acids is 1. The minimum atomic E-state index is -0.467. The van der Waals surface area contributed by atoms with Gasteiger partial charge < -0.3 is 4.74 Å². The smallest absolute Gasteiger partial charge is 0.358 e. The Kier molecular flexibility index (Phi) is 4.85. The van der Waals surface area contributed by atoms with Crippen LogP contribution in [0.2, 0.25) is 5.15 Å². The van der Waals surface area contributed by atoms with E-state index in [0.717, 1.165) is 17.0 Å². The fraction of sp³-hybridized carbons (Fsp3) is 0.294. The normalized spacial score (nSPS) is 10.9. The number of hydrogen-bond donors (Lipinski definition) is 0. The zero-order valence-electron chi connectivity index (χ0n) is 14.2.